The van der Waals surface area contributed by atoms with Gasteiger partial charge in [0.05, 0.1) is 36.1 Å². The van der Waals surface area contributed by atoms with Crippen LogP contribution in [0, 0.1) is 0 Å². The topological polar surface area (TPSA) is 116 Å². The summed E-state index contributed by atoms with van der Waals surface area (Å²) >= 11 is 0. The fourth-order valence-electron chi connectivity index (χ4n) is 3.34. The van der Waals surface area contributed by atoms with E-state index in [0.29, 0.717) is 48.7 Å². The second-order valence-corrected chi connectivity index (χ2v) is 10.1. The van der Waals surface area contributed by atoms with E-state index < -0.39 is 9.73 Å². The fraction of sp³-hybridized carbons (Fsp3) is 0.526. The number of morpholine rings is 1. The van der Waals surface area contributed by atoms with E-state index in [1.807, 2.05) is 0 Å². The molecular formula is C19H26N6O3S. The van der Waals surface area contributed by atoms with E-state index >= 15 is 0 Å². The molecule has 3 heterocycles. The number of methoxy groups -OCH3 is 1. The van der Waals surface area contributed by atoms with Crippen molar-refractivity contribution >= 4 is 27.2 Å². The molecule has 10 heteroatoms. The molecular weight excluding hydrogens is 392 g/mol. The number of aromatic nitrogens is 3. The van der Waals surface area contributed by atoms with Crippen molar-refractivity contribution in [2.24, 2.45) is 4.36 Å². The highest BCUT2D eigenvalue weighted by Gasteiger charge is 2.31. The van der Waals surface area contributed by atoms with Gasteiger partial charge in [-0.25, -0.2) is 14.2 Å². The second-order valence-electron chi connectivity index (χ2n) is 7.50. The van der Waals surface area contributed by atoms with Crippen molar-refractivity contribution in [1.29, 1.82) is 0 Å². The molecule has 0 radical (unpaired) electrons. The van der Waals surface area contributed by atoms with Gasteiger partial charge in [-0.2, -0.15) is 9.35 Å². The summed E-state index contributed by atoms with van der Waals surface area (Å²) in [6.45, 7) is 4.04. The number of nitrogens with zero attached hydrogens (tertiary/aromatic N) is 5. The van der Waals surface area contributed by atoms with Crippen LogP contribution in [0.25, 0.3) is 11.4 Å². The molecule has 2 atom stereocenters. The Morgan fingerprint density at radius 2 is 2.07 bits per heavy atom. The summed E-state index contributed by atoms with van der Waals surface area (Å²) in [4.78, 5) is 15.6. The zero-order valence-electron chi connectivity index (χ0n) is 16.9. The number of nitrogen functional groups attached to an aromatic ring is 1. The van der Waals surface area contributed by atoms with Gasteiger partial charge in [0.1, 0.15) is 11.6 Å². The first-order chi connectivity index (χ1) is 13.9. The predicted octanol–water partition coefficient (Wildman–Crippen LogP) is 2.25. The first kappa shape index (κ1) is 19.8. The summed E-state index contributed by atoms with van der Waals surface area (Å²) < 4.78 is 28.3. The molecule has 2 fully saturated rings. The normalized spacial score (nSPS) is 21.5. The Balaban J connectivity index is 1.84. The van der Waals surface area contributed by atoms with Crippen LogP contribution in [0.5, 0.6) is 5.88 Å². The molecule has 29 heavy (non-hydrogen) atoms. The van der Waals surface area contributed by atoms with Crippen LogP contribution in [0.2, 0.25) is 0 Å². The van der Waals surface area contributed by atoms with Crippen molar-refractivity contribution in [2.75, 3.05) is 43.8 Å². The third kappa shape index (κ3) is 4.43. The van der Waals surface area contributed by atoms with Gasteiger partial charge < -0.3 is 20.1 Å². The molecule has 0 spiro atoms. The molecule has 1 aliphatic carbocycles. The Morgan fingerprint density at radius 3 is 2.76 bits per heavy atom. The van der Waals surface area contributed by atoms with Crippen molar-refractivity contribution in [2.45, 2.75) is 31.1 Å². The van der Waals surface area contributed by atoms with Gasteiger partial charge in [-0.1, -0.05) is 0 Å². The number of hydrogen-bond acceptors (Lipinski definition) is 9. The first-order valence-electron chi connectivity index (χ1n) is 9.62. The summed E-state index contributed by atoms with van der Waals surface area (Å²) in [5.41, 5.74) is 6.59. The van der Waals surface area contributed by atoms with Crippen LogP contribution < -0.4 is 15.4 Å². The zero-order valence-corrected chi connectivity index (χ0v) is 17.7. The van der Waals surface area contributed by atoms with Gasteiger partial charge in [0, 0.05) is 35.7 Å². The van der Waals surface area contributed by atoms with Gasteiger partial charge in [0.15, 0.2) is 11.6 Å². The lowest BCUT2D eigenvalue weighted by Crippen LogP contribution is -2.44. The molecule has 2 N–H and O–H groups in total. The lowest BCUT2D eigenvalue weighted by molar-refractivity contribution is 0.0985. The summed E-state index contributed by atoms with van der Waals surface area (Å²) in [7, 11) is -0.813. The van der Waals surface area contributed by atoms with E-state index in [-0.39, 0.29) is 11.3 Å². The quantitative estimate of drug-likeness (QED) is 0.786. The zero-order chi connectivity index (χ0) is 20.6. The molecule has 1 saturated heterocycles. The minimum absolute atomic E-state index is 0.142. The number of pyridine rings is 1. The number of anilines is 2. The van der Waals surface area contributed by atoms with Crippen LogP contribution in [0.1, 0.15) is 19.8 Å². The molecule has 0 unspecified atom stereocenters. The second kappa shape index (κ2) is 7.75. The van der Waals surface area contributed by atoms with Crippen molar-refractivity contribution in [3.8, 4) is 17.3 Å². The van der Waals surface area contributed by atoms with Crippen LogP contribution in [-0.4, -0.2) is 63.6 Å². The van der Waals surface area contributed by atoms with Gasteiger partial charge in [-0.3, -0.25) is 0 Å². The van der Waals surface area contributed by atoms with Gasteiger partial charge in [0.25, 0.3) is 0 Å². The van der Waals surface area contributed by atoms with Gasteiger partial charge in [-0.15, -0.1) is 0 Å². The highest BCUT2D eigenvalue weighted by Crippen LogP contribution is 2.33. The average molecular weight is 419 g/mol. The maximum Gasteiger partial charge on any atom is 0.215 e. The monoisotopic (exact) mass is 418 g/mol. The first-order valence-corrected chi connectivity index (χ1v) is 11.6. The van der Waals surface area contributed by atoms with Crippen LogP contribution in [-0.2, 0) is 14.5 Å². The lowest BCUT2D eigenvalue weighted by atomic mass is 10.2. The van der Waals surface area contributed by atoms with Crippen LogP contribution >= 0.6 is 0 Å². The predicted molar refractivity (Wildman–Crippen MR) is 113 cm³/mol. The highest BCUT2D eigenvalue weighted by molar-refractivity contribution is 7.93. The number of hydrogen-bond donors (Lipinski definition) is 1. The minimum Gasteiger partial charge on any atom is -0.481 e. The van der Waals surface area contributed by atoms with Crippen LogP contribution in [0.3, 0.4) is 0 Å². The SMILES string of the molecule is COc1cc(-c2nc(N=[S@@](C)(=O)C3CC3)cc(N3CCOC[C@H]3C)n2)cc(N)n1. The van der Waals surface area contributed by atoms with Crippen LogP contribution in [0.4, 0.5) is 17.5 Å². The summed E-state index contributed by atoms with van der Waals surface area (Å²) in [6, 6.07) is 5.38. The number of nitrogens with two attached hydrogens (primary N) is 1. The van der Waals surface area contributed by atoms with Crippen LogP contribution in [0.15, 0.2) is 22.6 Å². The number of rotatable bonds is 5. The molecule has 0 amide bonds. The molecule has 156 valence electrons. The van der Waals surface area contributed by atoms with Crippen molar-refractivity contribution in [3.63, 3.8) is 0 Å². The Hall–Kier alpha value is -2.46. The smallest absolute Gasteiger partial charge is 0.215 e. The Labute approximate surface area is 170 Å². The standard InChI is InChI=1S/C19H26N6O3S/c1-12-11-28-7-6-25(12)17-10-16(24-29(3,26)14-4-5-14)22-19(23-17)13-8-15(20)21-18(9-13)27-2/h8-10,12,14H,4-7,11H2,1-3H3,(H2,20,21)/t12-,29+/m1/s1. The van der Waals surface area contributed by atoms with E-state index in [1.165, 1.54) is 7.11 Å². The summed E-state index contributed by atoms with van der Waals surface area (Å²) in [6.07, 6.45) is 3.60. The Morgan fingerprint density at radius 1 is 1.28 bits per heavy atom. The lowest BCUT2D eigenvalue weighted by Gasteiger charge is -2.34. The molecule has 0 aromatic carbocycles. The fourth-order valence-corrected chi connectivity index (χ4v) is 4.96. The van der Waals surface area contributed by atoms with Crippen molar-refractivity contribution < 1.29 is 13.7 Å². The van der Waals surface area contributed by atoms with Crippen molar-refractivity contribution in [1.82, 2.24) is 15.0 Å². The molecule has 1 saturated carbocycles. The third-order valence-corrected chi connectivity index (χ3v) is 7.33. The molecule has 2 aromatic heterocycles. The minimum atomic E-state index is -2.34. The average Bonchev–Trinajstić information content (AvgIpc) is 3.53. The Bertz CT molecular complexity index is 1030. The highest BCUT2D eigenvalue weighted by atomic mass is 32.2. The summed E-state index contributed by atoms with van der Waals surface area (Å²) in [5.74, 6) is 2.27. The maximum atomic E-state index is 13.0. The van der Waals surface area contributed by atoms with E-state index in [1.54, 1.807) is 24.5 Å². The van der Waals surface area contributed by atoms with Gasteiger partial charge in [-0.05, 0) is 25.8 Å². The van der Waals surface area contributed by atoms with Gasteiger partial charge >= 0.3 is 0 Å². The third-order valence-electron chi connectivity index (χ3n) is 5.07. The number of ether oxygens (including phenoxy) is 2. The molecule has 0 bridgehead atoms. The maximum absolute atomic E-state index is 13.0. The summed E-state index contributed by atoms with van der Waals surface area (Å²) in [5, 5.41) is 0.142. The molecule has 2 aliphatic rings. The van der Waals surface area contributed by atoms with Crippen molar-refractivity contribution in [3.05, 3.63) is 18.2 Å². The Kier molecular flexibility index (Phi) is 5.30. The molecule has 1 aliphatic heterocycles. The molecule has 2 aromatic rings. The molecule has 9 nitrogen and oxygen atoms in total. The van der Waals surface area contributed by atoms with E-state index in [4.69, 9.17) is 20.2 Å². The van der Waals surface area contributed by atoms with E-state index in [9.17, 15) is 4.21 Å². The largest absolute Gasteiger partial charge is 0.481 e. The van der Waals surface area contributed by atoms with Gasteiger partial charge in [0.2, 0.25) is 5.88 Å². The molecule has 4 rings (SSSR count). The van der Waals surface area contributed by atoms with E-state index in [2.05, 4.69) is 26.2 Å². The van der Waals surface area contributed by atoms with E-state index in [0.717, 1.165) is 18.7 Å².